The molecule has 3 N–H and O–H groups in total. The lowest BCUT2D eigenvalue weighted by atomic mass is 9.91. The summed E-state index contributed by atoms with van der Waals surface area (Å²) in [4.78, 5) is 16.4. The lowest BCUT2D eigenvalue weighted by Gasteiger charge is -2.23. The number of aromatic nitrogens is 3. The van der Waals surface area contributed by atoms with E-state index >= 15 is 0 Å². The van der Waals surface area contributed by atoms with Crippen molar-refractivity contribution in [1.82, 2.24) is 20.5 Å². The van der Waals surface area contributed by atoms with Crippen LogP contribution in [0.4, 0.5) is 0 Å². The highest BCUT2D eigenvalue weighted by Crippen LogP contribution is 2.35. The number of hydrogen-bond acceptors (Lipinski definition) is 2. The monoisotopic (exact) mass is 334 g/mol. The Kier molecular flexibility index (Phi) is 3.40. The van der Waals surface area contributed by atoms with Gasteiger partial charge in [0, 0.05) is 27.9 Å². The van der Waals surface area contributed by atoms with Gasteiger partial charge >= 0.3 is 0 Å². The summed E-state index contributed by atoms with van der Waals surface area (Å²) in [5.41, 5.74) is 6.55. The summed E-state index contributed by atoms with van der Waals surface area (Å²) in [5.74, 6) is -0.0455. The van der Waals surface area contributed by atoms with Crippen LogP contribution >= 0.6 is 0 Å². The first kappa shape index (κ1) is 14.8. The molecule has 0 bridgehead atoms. The quantitative estimate of drug-likeness (QED) is 0.670. The standard InChI is InChI=1S/C20H22N4O/c25-20(19-14-7-2-4-10-16(14)23-24-19)22-17-11-5-8-13-12-6-1-3-9-15(12)21-18(13)17/h1,3,6,9,17,21H,2,4-5,7-8,10-11H2,(H,22,25)(H,23,24)/t17-/m0/s1. The first-order valence-electron chi connectivity index (χ1n) is 9.27. The molecule has 3 aromatic rings. The predicted octanol–water partition coefficient (Wildman–Crippen LogP) is 3.58. The van der Waals surface area contributed by atoms with E-state index in [1.807, 2.05) is 6.07 Å². The number of aryl methyl sites for hydroxylation is 2. The summed E-state index contributed by atoms with van der Waals surface area (Å²) in [6.45, 7) is 0. The average molecular weight is 334 g/mol. The zero-order valence-electron chi connectivity index (χ0n) is 14.2. The van der Waals surface area contributed by atoms with Gasteiger partial charge in [-0.1, -0.05) is 18.2 Å². The Bertz CT molecular complexity index is 952. The van der Waals surface area contributed by atoms with Crippen molar-refractivity contribution < 1.29 is 4.79 Å². The van der Waals surface area contributed by atoms with Crippen molar-refractivity contribution in [1.29, 1.82) is 0 Å². The SMILES string of the molecule is O=C(N[C@H]1CCCc2c1[nH]c1ccccc21)c1n[nH]c2c1CCCC2. The van der Waals surface area contributed by atoms with E-state index in [0.29, 0.717) is 5.69 Å². The highest BCUT2D eigenvalue weighted by Gasteiger charge is 2.28. The maximum absolute atomic E-state index is 12.9. The fourth-order valence-electron chi connectivity index (χ4n) is 4.45. The van der Waals surface area contributed by atoms with Gasteiger partial charge in [-0.05, 0) is 56.6 Å². The lowest BCUT2D eigenvalue weighted by molar-refractivity contribution is 0.0925. The van der Waals surface area contributed by atoms with Crippen LogP contribution in [0, 0.1) is 0 Å². The molecule has 25 heavy (non-hydrogen) atoms. The van der Waals surface area contributed by atoms with Crippen molar-refractivity contribution in [3.8, 4) is 0 Å². The topological polar surface area (TPSA) is 73.6 Å². The minimum Gasteiger partial charge on any atom is -0.356 e. The largest absolute Gasteiger partial charge is 0.356 e. The molecule has 1 aromatic carbocycles. The molecule has 5 nitrogen and oxygen atoms in total. The Balaban J connectivity index is 1.46. The van der Waals surface area contributed by atoms with Gasteiger partial charge in [-0.2, -0.15) is 5.10 Å². The van der Waals surface area contributed by atoms with Gasteiger partial charge in [0.2, 0.25) is 0 Å². The molecule has 5 heteroatoms. The highest BCUT2D eigenvalue weighted by atomic mass is 16.2. The van der Waals surface area contributed by atoms with E-state index in [2.05, 4.69) is 38.7 Å². The van der Waals surface area contributed by atoms with E-state index < -0.39 is 0 Å². The number of nitrogens with zero attached hydrogens (tertiary/aromatic N) is 1. The Labute approximate surface area is 146 Å². The smallest absolute Gasteiger partial charge is 0.272 e. The third-order valence-corrected chi connectivity index (χ3v) is 5.69. The van der Waals surface area contributed by atoms with Crippen molar-refractivity contribution >= 4 is 16.8 Å². The van der Waals surface area contributed by atoms with Gasteiger partial charge in [-0.25, -0.2) is 0 Å². The minimum atomic E-state index is -0.0455. The van der Waals surface area contributed by atoms with Crippen molar-refractivity contribution in [3.05, 3.63) is 52.5 Å². The third kappa shape index (κ3) is 2.37. The van der Waals surface area contributed by atoms with Gasteiger partial charge in [0.25, 0.3) is 5.91 Å². The van der Waals surface area contributed by atoms with Crippen molar-refractivity contribution in [3.63, 3.8) is 0 Å². The number of H-pyrrole nitrogens is 2. The van der Waals surface area contributed by atoms with Crippen molar-refractivity contribution in [2.24, 2.45) is 0 Å². The van der Waals surface area contributed by atoms with Crippen LogP contribution in [0.3, 0.4) is 0 Å². The summed E-state index contributed by atoms with van der Waals surface area (Å²) < 4.78 is 0. The van der Waals surface area contributed by atoms with E-state index in [1.54, 1.807) is 0 Å². The number of carbonyl (C=O) groups is 1. The zero-order valence-corrected chi connectivity index (χ0v) is 14.2. The first-order chi connectivity index (χ1) is 12.3. The van der Waals surface area contributed by atoms with Gasteiger partial charge in [-0.15, -0.1) is 0 Å². The molecule has 2 aliphatic rings. The molecule has 2 aliphatic carbocycles. The van der Waals surface area contributed by atoms with Crippen LogP contribution < -0.4 is 5.32 Å². The maximum atomic E-state index is 12.9. The van der Waals surface area contributed by atoms with Crippen molar-refractivity contribution in [2.75, 3.05) is 0 Å². The van der Waals surface area contributed by atoms with Gasteiger partial charge < -0.3 is 10.3 Å². The fraction of sp³-hybridized carbons (Fsp3) is 0.400. The molecule has 1 amide bonds. The molecule has 2 heterocycles. The molecule has 5 rings (SSSR count). The summed E-state index contributed by atoms with van der Waals surface area (Å²) in [7, 11) is 0. The molecule has 0 saturated heterocycles. The van der Waals surface area contributed by atoms with Crippen LogP contribution in [0.25, 0.3) is 10.9 Å². The number of fused-ring (bicyclic) bond motifs is 4. The fourth-order valence-corrected chi connectivity index (χ4v) is 4.45. The number of rotatable bonds is 2. The summed E-state index contributed by atoms with van der Waals surface area (Å²) >= 11 is 0. The minimum absolute atomic E-state index is 0.0413. The molecule has 0 unspecified atom stereocenters. The molecule has 0 radical (unpaired) electrons. The van der Waals surface area contributed by atoms with E-state index in [0.717, 1.165) is 55.3 Å². The van der Waals surface area contributed by atoms with Crippen LogP contribution in [-0.2, 0) is 19.3 Å². The summed E-state index contributed by atoms with van der Waals surface area (Å²) in [5, 5.41) is 11.9. The average Bonchev–Trinajstić information content (AvgIpc) is 3.24. The lowest BCUT2D eigenvalue weighted by Crippen LogP contribution is -2.32. The number of benzene rings is 1. The van der Waals surface area contributed by atoms with E-state index in [9.17, 15) is 4.79 Å². The van der Waals surface area contributed by atoms with Gasteiger partial charge in [0.05, 0.1) is 6.04 Å². The molecular weight excluding hydrogens is 312 g/mol. The number of carbonyl (C=O) groups excluding carboxylic acids is 1. The normalized spacial score (nSPS) is 19.4. The Morgan fingerprint density at radius 3 is 2.88 bits per heavy atom. The Hall–Kier alpha value is -2.56. The number of aromatic amines is 2. The van der Waals surface area contributed by atoms with Crippen LogP contribution in [-0.4, -0.2) is 21.1 Å². The van der Waals surface area contributed by atoms with E-state index in [-0.39, 0.29) is 11.9 Å². The number of hydrogen-bond donors (Lipinski definition) is 3. The molecule has 1 atom stereocenters. The van der Waals surface area contributed by atoms with Crippen LogP contribution in [0.15, 0.2) is 24.3 Å². The van der Waals surface area contributed by atoms with Gasteiger partial charge in [0.1, 0.15) is 0 Å². The second kappa shape index (κ2) is 5.76. The summed E-state index contributed by atoms with van der Waals surface area (Å²) in [6.07, 6.45) is 7.42. The predicted molar refractivity (Wildman–Crippen MR) is 96.7 cm³/mol. The van der Waals surface area contributed by atoms with Crippen molar-refractivity contribution in [2.45, 2.75) is 51.0 Å². The van der Waals surface area contributed by atoms with E-state index in [1.165, 1.54) is 23.1 Å². The molecule has 0 spiro atoms. The molecule has 2 aromatic heterocycles. The summed E-state index contributed by atoms with van der Waals surface area (Å²) in [6, 6.07) is 8.44. The molecule has 0 fully saturated rings. The zero-order chi connectivity index (χ0) is 16.8. The molecule has 0 saturated carbocycles. The van der Waals surface area contributed by atoms with Crippen LogP contribution in [0.2, 0.25) is 0 Å². The number of para-hydroxylation sites is 1. The Morgan fingerprint density at radius 2 is 1.92 bits per heavy atom. The van der Waals surface area contributed by atoms with Gasteiger partial charge in [-0.3, -0.25) is 9.89 Å². The molecular formula is C20H22N4O. The second-order valence-corrected chi connectivity index (χ2v) is 7.22. The number of nitrogens with one attached hydrogen (secondary N) is 3. The highest BCUT2D eigenvalue weighted by molar-refractivity contribution is 5.94. The van der Waals surface area contributed by atoms with E-state index in [4.69, 9.17) is 0 Å². The van der Waals surface area contributed by atoms with Gasteiger partial charge in [0.15, 0.2) is 5.69 Å². The first-order valence-corrected chi connectivity index (χ1v) is 9.27. The second-order valence-electron chi connectivity index (χ2n) is 7.22. The molecule has 128 valence electrons. The maximum Gasteiger partial charge on any atom is 0.272 e. The Morgan fingerprint density at radius 1 is 1.08 bits per heavy atom. The van der Waals surface area contributed by atoms with Crippen LogP contribution in [0.5, 0.6) is 0 Å². The van der Waals surface area contributed by atoms with Crippen LogP contribution in [0.1, 0.15) is 64.7 Å². The number of amides is 1. The third-order valence-electron chi connectivity index (χ3n) is 5.69. The molecule has 0 aliphatic heterocycles.